The zero-order valence-electron chi connectivity index (χ0n) is 11.7. The van der Waals surface area contributed by atoms with E-state index in [1.165, 1.54) is 6.92 Å². The Labute approximate surface area is 117 Å². The van der Waals surface area contributed by atoms with Crippen LogP contribution in [0.5, 0.6) is 0 Å². The average Bonchev–Trinajstić information content (AvgIpc) is 3.07. The number of aryl methyl sites for hydroxylation is 1. The zero-order valence-corrected chi connectivity index (χ0v) is 11.7. The molecule has 0 bridgehead atoms. The van der Waals surface area contributed by atoms with Crippen molar-refractivity contribution in [2.75, 3.05) is 0 Å². The van der Waals surface area contributed by atoms with Gasteiger partial charge >= 0.3 is 0 Å². The fraction of sp³-hybridized carbons (Fsp3) is 0.500. The van der Waals surface area contributed by atoms with Gasteiger partial charge in [0.05, 0.1) is 5.54 Å². The maximum absolute atomic E-state index is 11.4. The molecular formula is C14H18N4O2. The molecule has 1 fully saturated rings. The predicted octanol–water partition coefficient (Wildman–Crippen LogP) is 2.01. The van der Waals surface area contributed by atoms with Gasteiger partial charge in [0, 0.05) is 18.8 Å². The Balaban J connectivity index is 1.96. The van der Waals surface area contributed by atoms with Crippen LogP contribution in [0, 0.1) is 0 Å². The van der Waals surface area contributed by atoms with Crippen LogP contribution in [0.3, 0.4) is 0 Å². The minimum absolute atomic E-state index is 0.0117. The van der Waals surface area contributed by atoms with Gasteiger partial charge in [-0.15, -0.1) is 0 Å². The number of rotatable bonds is 3. The molecule has 6 heteroatoms. The second-order valence-electron chi connectivity index (χ2n) is 5.57. The summed E-state index contributed by atoms with van der Waals surface area (Å²) < 4.78 is 7.14. The van der Waals surface area contributed by atoms with Crippen LogP contribution in [-0.4, -0.2) is 20.5 Å². The van der Waals surface area contributed by atoms with E-state index in [0.29, 0.717) is 17.3 Å². The fourth-order valence-electron chi connectivity index (χ4n) is 2.73. The van der Waals surface area contributed by atoms with Gasteiger partial charge in [0.25, 0.3) is 5.89 Å². The largest absolute Gasteiger partial charge is 0.346 e. The Bertz CT molecular complexity index is 650. The first-order valence-corrected chi connectivity index (χ1v) is 6.80. The summed E-state index contributed by atoms with van der Waals surface area (Å²) in [5.74, 6) is 0.986. The molecule has 1 aliphatic rings. The van der Waals surface area contributed by atoms with Crippen LogP contribution in [0.15, 0.2) is 16.8 Å². The monoisotopic (exact) mass is 274 g/mol. The molecular weight excluding hydrogens is 256 g/mol. The molecule has 0 aliphatic heterocycles. The average molecular weight is 274 g/mol. The third-order valence-corrected chi connectivity index (χ3v) is 4.00. The van der Waals surface area contributed by atoms with Crippen LogP contribution in [0.2, 0.25) is 0 Å². The van der Waals surface area contributed by atoms with Gasteiger partial charge in [-0.1, -0.05) is 18.0 Å². The highest BCUT2D eigenvalue weighted by Crippen LogP contribution is 2.35. The third kappa shape index (κ3) is 2.06. The van der Waals surface area contributed by atoms with Gasteiger partial charge in [-0.25, -0.2) is 0 Å². The van der Waals surface area contributed by atoms with Crippen molar-refractivity contribution in [3.63, 3.8) is 0 Å². The van der Waals surface area contributed by atoms with Gasteiger partial charge in [-0.05, 0) is 25.8 Å². The number of carbonyl (C=O) groups is 1. The standard InChI is InChI=1S/C14H18N4O2/c1-9(19)10-7-11(18(2)8-10)12-16-13(17-20-12)14(15)5-3-4-6-14/h7-8H,3-6,15H2,1-2H3. The highest BCUT2D eigenvalue weighted by Gasteiger charge is 2.36. The van der Waals surface area contributed by atoms with E-state index in [-0.39, 0.29) is 5.78 Å². The van der Waals surface area contributed by atoms with E-state index in [2.05, 4.69) is 10.1 Å². The molecule has 3 rings (SSSR count). The molecule has 1 aliphatic carbocycles. The number of hydrogen-bond acceptors (Lipinski definition) is 5. The molecule has 2 N–H and O–H groups in total. The van der Waals surface area contributed by atoms with Crippen molar-refractivity contribution in [1.29, 1.82) is 0 Å². The molecule has 0 atom stereocenters. The molecule has 2 heterocycles. The van der Waals surface area contributed by atoms with Crippen LogP contribution in [-0.2, 0) is 12.6 Å². The third-order valence-electron chi connectivity index (χ3n) is 4.00. The van der Waals surface area contributed by atoms with E-state index in [1.807, 2.05) is 11.6 Å². The van der Waals surface area contributed by atoms with Crippen molar-refractivity contribution in [3.05, 3.63) is 23.7 Å². The summed E-state index contributed by atoms with van der Waals surface area (Å²) in [6.07, 6.45) is 5.73. The molecule has 1 saturated carbocycles. The van der Waals surface area contributed by atoms with Gasteiger partial charge in [0.15, 0.2) is 11.6 Å². The number of ketones is 1. The van der Waals surface area contributed by atoms with Crippen molar-refractivity contribution in [2.24, 2.45) is 12.8 Å². The van der Waals surface area contributed by atoms with Crippen LogP contribution in [0.25, 0.3) is 11.6 Å². The van der Waals surface area contributed by atoms with Gasteiger partial charge in [0.1, 0.15) is 5.69 Å². The highest BCUT2D eigenvalue weighted by atomic mass is 16.5. The van der Waals surface area contributed by atoms with Crippen LogP contribution in [0.1, 0.15) is 48.8 Å². The molecule has 2 aromatic rings. The molecule has 0 saturated heterocycles. The van der Waals surface area contributed by atoms with Gasteiger partial charge in [-0.3, -0.25) is 4.79 Å². The fourth-order valence-corrected chi connectivity index (χ4v) is 2.73. The van der Waals surface area contributed by atoms with Crippen LogP contribution < -0.4 is 5.73 Å². The Kier molecular flexibility index (Phi) is 2.97. The van der Waals surface area contributed by atoms with Crippen molar-refractivity contribution < 1.29 is 9.32 Å². The summed E-state index contributed by atoms with van der Waals surface area (Å²) in [6, 6.07) is 1.76. The molecule has 0 radical (unpaired) electrons. The van der Waals surface area contributed by atoms with Crippen molar-refractivity contribution in [1.82, 2.24) is 14.7 Å². The number of Topliss-reactive ketones (excluding diaryl/α,β-unsaturated/α-hetero) is 1. The number of carbonyl (C=O) groups excluding carboxylic acids is 1. The molecule has 106 valence electrons. The zero-order chi connectivity index (χ0) is 14.3. The summed E-state index contributed by atoms with van der Waals surface area (Å²) in [4.78, 5) is 15.8. The summed E-state index contributed by atoms with van der Waals surface area (Å²) in [6.45, 7) is 1.53. The number of nitrogens with zero attached hydrogens (tertiary/aromatic N) is 3. The van der Waals surface area contributed by atoms with Crippen LogP contribution >= 0.6 is 0 Å². The second kappa shape index (κ2) is 4.56. The van der Waals surface area contributed by atoms with Crippen molar-refractivity contribution >= 4 is 5.78 Å². The molecule has 20 heavy (non-hydrogen) atoms. The predicted molar refractivity (Wildman–Crippen MR) is 73.0 cm³/mol. The SMILES string of the molecule is CC(=O)c1cc(-c2nc(C3(N)CCCC3)no2)n(C)c1. The molecule has 0 spiro atoms. The topological polar surface area (TPSA) is 86.9 Å². The lowest BCUT2D eigenvalue weighted by molar-refractivity contribution is 0.101. The van der Waals surface area contributed by atoms with Crippen molar-refractivity contribution in [2.45, 2.75) is 38.1 Å². The first-order chi connectivity index (χ1) is 9.49. The first-order valence-electron chi connectivity index (χ1n) is 6.80. The highest BCUT2D eigenvalue weighted by molar-refractivity contribution is 5.95. The molecule has 2 aromatic heterocycles. The quantitative estimate of drug-likeness (QED) is 0.865. The molecule has 0 aromatic carbocycles. The number of aromatic nitrogens is 3. The van der Waals surface area contributed by atoms with Gasteiger partial charge in [-0.2, -0.15) is 4.98 Å². The number of nitrogens with two attached hydrogens (primary N) is 1. The maximum atomic E-state index is 11.4. The Hall–Kier alpha value is -1.95. The Morgan fingerprint density at radius 2 is 2.15 bits per heavy atom. The smallest absolute Gasteiger partial charge is 0.274 e. The minimum Gasteiger partial charge on any atom is -0.346 e. The first kappa shape index (κ1) is 13.1. The lowest BCUT2D eigenvalue weighted by atomic mass is 9.99. The van der Waals surface area contributed by atoms with Crippen LogP contribution in [0.4, 0.5) is 0 Å². The van der Waals surface area contributed by atoms with Crippen molar-refractivity contribution in [3.8, 4) is 11.6 Å². The normalized spacial score (nSPS) is 17.6. The molecule has 6 nitrogen and oxygen atoms in total. The second-order valence-corrected chi connectivity index (χ2v) is 5.57. The van der Waals surface area contributed by atoms with Gasteiger partial charge < -0.3 is 14.8 Å². The van der Waals surface area contributed by atoms with E-state index in [0.717, 1.165) is 31.4 Å². The summed E-state index contributed by atoms with van der Waals surface area (Å²) in [7, 11) is 1.85. The van der Waals surface area contributed by atoms with E-state index >= 15 is 0 Å². The van der Waals surface area contributed by atoms with Gasteiger partial charge in [0.2, 0.25) is 0 Å². The summed E-state index contributed by atoms with van der Waals surface area (Å²) in [5, 5.41) is 4.03. The molecule has 0 amide bonds. The summed E-state index contributed by atoms with van der Waals surface area (Å²) >= 11 is 0. The minimum atomic E-state index is -0.462. The van der Waals surface area contributed by atoms with E-state index in [1.54, 1.807) is 12.3 Å². The number of hydrogen-bond donors (Lipinski definition) is 1. The maximum Gasteiger partial charge on any atom is 0.274 e. The lowest BCUT2D eigenvalue weighted by Crippen LogP contribution is -2.34. The van der Waals surface area contributed by atoms with E-state index in [4.69, 9.17) is 10.3 Å². The summed E-state index contributed by atoms with van der Waals surface area (Å²) in [5.41, 5.74) is 7.22. The Morgan fingerprint density at radius 1 is 1.45 bits per heavy atom. The van der Waals surface area contributed by atoms with E-state index in [9.17, 15) is 4.79 Å². The Morgan fingerprint density at radius 3 is 2.75 bits per heavy atom. The van der Waals surface area contributed by atoms with E-state index < -0.39 is 5.54 Å². The molecule has 0 unspecified atom stereocenters. The lowest BCUT2D eigenvalue weighted by Gasteiger charge is -2.17.